The second kappa shape index (κ2) is 17.0. The normalized spacial score (nSPS) is 11.1. The molecule has 0 fully saturated rings. The van der Waals surface area contributed by atoms with E-state index in [1.54, 1.807) is 0 Å². The molecule has 5 heteroatoms. The molecule has 0 aromatic rings. The Balaban J connectivity index is -0.000000312. The third-order valence-corrected chi connectivity index (χ3v) is 2.92. The fraction of sp³-hybridized carbons (Fsp3) is 0.800. The maximum Gasteiger partial charge on any atom is 1.00 e. The number of rotatable bonds is 9. The van der Waals surface area contributed by atoms with Crippen LogP contribution in [0.4, 0.5) is 0 Å². The van der Waals surface area contributed by atoms with Gasteiger partial charge >= 0.3 is 41.5 Å². The fourth-order valence-corrected chi connectivity index (χ4v) is 1.47. The van der Waals surface area contributed by atoms with Crippen LogP contribution in [0.25, 0.3) is 0 Å². The summed E-state index contributed by atoms with van der Waals surface area (Å²) in [5, 5.41) is 15.4. The first-order chi connectivity index (χ1) is 8.81. The Morgan fingerprint density at radius 1 is 1.00 bits per heavy atom. The van der Waals surface area contributed by atoms with Crippen LogP contribution in [-0.2, 0) is 9.59 Å². The number of carboxylic acid groups (broad SMARTS) is 2. The molecule has 0 saturated heterocycles. The van der Waals surface area contributed by atoms with Gasteiger partial charge in [-0.05, 0) is 0 Å². The van der Waals surface area contributed by atoms with E-state index in [1.165, 1.54) is 38.5 Å². The fourth-order valence-electron chi connectivity index (χ4n) is 1.47. The van der Waals surface area contributed by atoms with Crippen molar-refractivity contribution in [2.45, 2.75) is 65.7 Å². The second-order valence-corrected chi connectivity index (χ2v) is 5.17. The van der Waals surface area contributed by atoms with Crippen LogP contribution in [0, 0.1) is 18.8 Å². The molecule has 0 aliphatic carbocycles. The number of carboxylic acids is 2. The predicted octanol–water partition coefficient (Wildman–Crippen LogP) is 1.00. The van der Waals surface area contributed by atoms with Crippen molar-refractivity contribution in [1.29, 1.82) is 0 Å². The van der Waals surface area contributed by atoms with E-state index >= 15 is 0 Å². The van der Waals surface area contributed by atoms with Gasteiger partial charge in [0.25, 0.3) is 0 Å². The first-order valence-electron chi connectivity index (χ1n) is 7.07. The van der Waals surface area contributed by atoms with Crippen molar-refractivity contribution in [2.24, 2.45) is 11.8 Å². The van der Waals surface area contributed by atoms with Crippen LogP contribution in [0.5, 0.6) is 0 Å². The molecule has 0 bridgehead atoms. The second-order valence-electron chi connectivity index (χ2n) is 5.17. The summed E-state index contributed by atoms with van der Waals surface area (Å²) < 4.78 is 0. The molecule has 0 amide bonds. The summed E-state index contributed by atoms with van der Waals surface area (Å²) in [5.74, 6) is -1.19. The minimum absolute atomic E-state index is 0. The van der Waals surface area contributed by atoms with Crippen molar-refractivity contribution in [2.75, 3.05) is 0 Å². The van der Waals surface area contributed by atoms with Crippen molar-refractivity contribution < 1.29 is 49.4 Å². The smallest absolute Gasteiger partial charge is 0.481 e. The molecule has 0 heterocycles. The van der Waals surface area contributed by atoms with E-state index in [0.29, 0.717) is 5.92 Å². The topological polar surface area (TPSA) is 74.6 Å². The van der Waals surface area contributed by atoms with Gasteiger partial charge in [0.05, 0.1) is 0 Å². The SMILES string of the molecule is O=C(O)CC(=O)O.[CH2-]C(CCCCCCC)C(C)C.[Na+]. The molecule has 0 aliphatic heterocycles. The van der Waals surface area contributed by atoms with Crippen LogP contribution >= 0.6 is 0 Å². The van der Waals surface area contributed by atoms with E-state index < -0.39 is 18.4 Å². The van der Waals surface area contributed by atoms with Gasteiger partial charge in [-0.1, -0.05) is 65.2 Å². The van der Waals surface area contributed by atoms with Gasteiger partial charge in [-0.25, -0.2) is 0 Å². The van der Waals surface area contributed by atoms with E-state index in [9.17, 15) is 9.59 Å². The van der Waals surface area contributed by atoms with Crippen molar-refractivity contribution in [3.63, 3.8) is 0 Å². The number of hydrogen-bond acceptors (Lipinski definition) is 2. The molecule has 0 radical (unpaired) electrons. The van der Waals surface area contributed by atoms with E-state index in [4.69, 9.17) is 10.2 Å². The minimum atomic E-state index is -1.31. The molecule has 4 nitrogen and oxygen atoms in total. The molecular formula is C15H29NaO4. The molecule has 1 atom stereocenters. The van der Waals surface area contributed by atoms with Gasteiger partial charge in [-0.15, -0.1) is 0 Å². The van der Waals surface area contributed by atoms with Gasteiger partial charge in [0.15, 0.2) is 0 Å². The van der Waals surface area contributed by atoms with Crippen LogP contribution in [0.2, 0.25) is 0 Å². The molecule has 2 N–H and O–H groups in total. The molecule has 20 heavy (non-hydrogen) atoms. The Morgan fingerprint density at radius 2 is 1.45 bits per heavy atom. The zero-order valence-corrected chi connectivity index (χ0v) is 15.5. The minimum Gasteiger partial charge on any atom is -0.481 e. The maximum absolute atomic E-state index is 9.43. The molecule has 0 aromatic carbocycles. The summed E-state index contributed by atoms with van der Waals surface area (Å²) in [6, 6.07) is 0. The van der Waals surface area contributed by atoms with Gasteiger partial charge in [-0.2, -0.15) is 5.92 Å². The molecule has 0 saturated carbocycles. The maximum atomic E-state index is 9.43. The van der Waals surface area contributed by atoms with Crippen LogP contribution in [-0.4, -0.2) is 22.2 Å². The van der Waals surface area contributed by atoms with Crippen molar-refractivity contribution in [3.05, 3.63) is 6.92 Å². The van der Waals surface area contributed by atoms with E-state index in [1.807, 2.05) is 0 Å². The van der Waals surface area contributed by atoms with Gasteiger partial charge in [0, 0.05) is 0 Å². The van der Waals surface area contributed by atoms with Crippen molar-refractivity contribution >= 4 is 11.9 Å². The Labute approximate surface area is 145 Å². The summed E-state index contributed by atoms with van der Waals surface area (Å²) in [6.45, 7) is 11.0. The monoisotopic (exact) mass is 296 g/mol. The predicted molar refractivity (Wildman–Crippen MR) is 76.9 cm³/mol. The average Bonchev–Trinajstić information content (AvgIpc) is 2.27. The average molecular weight is 296 g/mol. The van der Waals surface area contributed by atoms with E-state index in [-0.39, 0.29) is 29.6 Å². The standard InChI is InChI=1S/C12H25.C3H4O4.Na/c1-5-6-7-8-9-10-12(4)11(2)3;4-2(5)1-3(6)7;/h11-12H,4-10H2,1-3H3;1H2,(H,4,5)(H,6,7);/q-1;;+1. The van der Waals surface area contributed by atoms with Gasteiger partial charge in [0.1, 0.15) is 6.42 Å². The Morgan fingerprint density at radius 3 is 1.75 bits per heavy atom. The Kier molecular flexibility index (Phi) is 21.2. The zero-order valence-electron chi connectivity index (χ0n) is 13.5. The number of hydrogen-bond donors (Lipinski definition) is 2. The molecular weight excluding hydrogens is 267 g/mol. The number of unbranched alkanes of at least 4 members (excludes halogenated alkanes) is 4. The molecule has 1 unspecified atom stereocenters. The molecule has 0 rings (SSSR count). The summed E-state index contributed by atoms with van der Waals surface area (Å²) in [6.07, 6.45) is 7.48. The molecule has 0 spiro atoms. The quantitative estimate of drug-likeness (QED) is 0.288. The van der Waals surface area contributed by atoms with Crippen LogP contribution in [0.1, 0.15) is 65.7 Å². The zero-order chi connectivity index (χ0) is 15.3. The van der Waals surface area contributed by atoms with Crippen LogP contribution in [0.3, 0.4) is 0 Å². The molecule has 0 aromatic heterocycles. The first-order valence-corrected chi connectivity index (χ1v) is 7.07. The Hall–Kier alpha value is -0.0600. The third-order valence-electron chi connectivity index (χ3n) is 2.92. The van der Waals surface area contributed by atoms with Crippen molar-refractivity contribution in [3.8, 4) is 0 Å². The summed E-state index contributed by atoms with van der Waals surface area (Å²) in [5.41, 5.74) is 0. The first kappa shape index (κ1) is 24.9. The van der Waals surface area contributed by atoms with E-state index in [0.717, 1.165) is 5.92 Å². The Bertz CT molecular complexity index is 230. The van der Waals surface area contributed by atoms with Crippen LogP contribution < -0.4 is 29.6 Å². The summed E-state index contributed by atoms with van der Waals surface area (Å²) >= 11 is 0. The van der Waals surface area contributed by atoms with Gasteiger partial charge in [0.2, 0.25) is 0 Å². The molecule has 114 valence electrons. The van der Waals surface area contributed by atoms with Gasteiger partial charge in [-0.3, -0.25) is 9.59 Å². The molecule has 0 aliphatic rings. The largest absolute Gasteiger partial charge is 1.00 e. The van der Waals surface area contributed by atoms with Crippen LogP contribution in [0.15, 0.2) is 0 Å². The summed E-state index contributed by atoms with van der Waals surface area (Å²) in [7, 11) is 0. The van der Waals surface area contributed by atoms with Gasteiger partial charge < -0.3 is 17.1 Å². The summed E-state index contributed by atoms with van der Waals surface area (Å²) in [4.78, 5) is 18.9. The van der Waals surface area contributed by atoms with Crippen molar-refractivity contribution in [1.82, 2.24) is 0 Å². The number of aliphatic carboxylic acids is 2. The number of carbonyl (C=O) groups is 2. The van der Waals surface area contributed by atoms with E-state index in [2.05, 4.69) is 27.7 Å². The third kappa shape index (κ3) is 23.1.